The Hall–Kier alpha value is -2.63. The van der Waals surface area contributed by atoms with Gasteiger partial charge in [0.1, 0.15) is 17.4 Å². The van der Waals surface area contributed by atoms with E-state index in [4.69, 9.17) is 10.7 Å². The molecular weight excluding hydrogens is 314 g/mol. The van der Waals surface area contributed by atoms with E-state index in [1.54, 1.807) is 11.9 Å². The number of unbranched alkanes of at least 4 members (excludes halogenated alkanes) is 1. The predicted molar refractivity (Wildman–Crippen MR) is 99.4 cm³/mol. The first-order valence-electron chi connectivity index (χ1n) is 8.79. The van der Waals surface area contributed by atoms with Gasteiger partial charge in [-0.3, -0.25) is 9.79 Å². The SMILES string of the molecule is CCc1nc2c(n1CCCCN(C)C=O)-c1ccccc1CN=C2N. The maximum absolute atomic E-state index is 10.7. The van der Waals surface area contributed by atoms with Gasteiger partial charge in [-0.05, 0) is 18.4 Å². The van der Waals surface area contributed by atoms with E-state index >= 15 is 0 Å². The van der Waals surface area contributed by atoms with Gasteiger partial charge in [0.05, 0.1) is 12.2 Å². The fourth-order valence-corrected chi connectivity index (χ4v) is 3.28. The molecular formula is C19H25N5O. The summed E-state index contributed by atoms with van der Waals surface area (Å²) < 4.78 is 2.28. The van der Waals surface area contributed by atoms with Crippen molar-refractivity contribution >= 4 is 12.2 Å². The van der Waals surface area contributed by atoms with E-state index < -0.39 is 0 Å². The lowest BCUT2D eigenvalue weighted by Gasteiger charge is -2.15. The van der Waals surface area contributed by atoms with E-state index in [0.29, 0.717) is 12.4 Å². The van der Waals surface area contributed by atoms with Crippen molar-refractivity contribution in [3.05, 3.63) is 41.3 Å². The van der Waals surface area contributed by atoms with Gasteiger partial charge in [0, 0.05) is 32.1 Å². The number of aromatic nitrogens is 2. The molecule has 6 heteroatoms. The van der Waals surface area contributed by atoms with Gasteiger partial charge >= 0.3 is 0 Å². The van der Waals surface area contributed by atoms with Crippen molar-refractivity contribution in [2.45, 2.75) is 39.3 Å². The maximum Gasteiger partial charge on any atom is 0.209 e. The normalized spacial score (nSPS) is 12.8. The van der Waals surface area contributed by atoms with Gasteiger partial charge in [-0.25, -0.2) is 4.98 Å². The molecule has 2 heterocycles. The van der Waals surface area contributed by atoms with Crippen LogP contribution in [0.4, 0.5) is 0 Å². The Labute approximate surface area is 148 Å². The van der Waals surface area contributed by atoms with Gasteiger partial charge in [-0.2, -0.15) is 0 Å². The first kappa shape index (κ1) is 17.2. The molecule has 0 radical (unpaired) electrons. The molecule has 1 aliphatic rings. The number of aliphatic imine (C=N–C) groups is 1. The number of carbonyl (C=O) groups is 1. The van der Waals surface area contributed by atoms with Crippen molar-refractivity contribution in [2.75, 3.05) is 13.6 Å². The number of amidine groups is 1. The number of hydrogen-bond acceptors (Lipinski definition) is 4. The minimum absolute atomic E-state index is 0.514. The van der Waals surface area contributed by atoms with Crippen molar-refractivity contribution in [3.63, 3.8) is 0 Å². The lowest BCUT2D eigenvalue weighted by atomic mass is 10.0. The third kappa shape index (κ3) is 3.43. The number of amides is 1. The highest BCUT2D eigenvalue weighted by atomic mass is 16.1. The molecule has 0 aliphatic carbocycles. The van der Waals surface area contributed by atoms with E-state index in [2.05, 4.69) is 28.6 Å². The summed E-state index contributed by atoms with van der Waals surface area (Å²) in [6.45, 7) is 4.32. The highest BCUT2D eigenvalue weighted by Crippen LogP contribution is 2.31. The summed E-state index contributed by atoms with van der Waals surface area (Å²) in [5.41, 5.74) is 10.4. The molecule has 0 saturated heterocycles. The molecule has 6 nitrogen and oxygen atoms in total. The Balaban J connectivity index is 1.95. The van der Waals surface area contributed by atoms with E-state index in [1.165, 1.54) is 11.1 Å². The monoisotopic (exact) mass is 339 g/mol. The molecule has 0 spiro atoms. The number of nitrogens with two attached hydrogens (primary N) is 1. The lowest BCUT2D eigenvalue weighted by molar-refractivity contribution is -0.117. The zero-order valence-electron chi connectivity index (χ0n) is 14.9. The van der Waals surface area contributed by atoms with Gasteiger partial charge in [0.2, 0.25) is 6.41 Å². The van der Waals surface area contributed by atoms with Crippen molar-refractivity contribution in [1.29, 1.82) is 0 Å². The van der Waals surface area contributed by atoms with Crippen LogP contribution in [0.2, 0.25) is 0 Å². The maximum atomic E-state index is 10.7. The quantitative estimate of drug-likeness (QED) is 0.620. The summed E-state index contributed by atoms with van der Waals surface area (Å²) in [5.74, 6) is 1.55. The fraction of sp³-hybridized carbons (Fsp3) is 0.421. The zero-order chi connectivity index (χ0) is 17.8. The van der Waals surface area contributed by atoms with Gasteiger partial charge in [0.25, 0.3) is 0 Å². The number of hydrogen-bond donors (Lipinski definition) is 1. The molecule has 1 aromatic carbocycles. The second kappa shape index (κ2) is 7.51. The summed E-state index contributed by atoms with van der Waals surface area (Å²) in [4.78, 5) is 21.7. The third-order valence-corrected chi connectivity index (χ3v) is 4.62. The molecule has 2 aromatic rings. The van der Waals surface area contributed by atoms with E-state index in [0.717, 1.165) is 56.0 Å². The predicted octanol–water partition coefficient (Wildman–Crippen LogP) is 2.20. The van der Waals surface area contributed by atoms with Crippen LogP contribution in [-0.2, 0) is 24.3 Å². The van der Waals surface area contributed by atoms with Crippen molar-refractivity contribution in [2.24, 2.45) is 10.7 Å². The number of rotatable bonds is 7. The molecule has 132 valence electrons. The Bertz CT molecular complexity index is 793. The summed E-state index contributed by atoms with van der Waals surface area (Å²) >= 11 is 0. The lowest BCUT2D eigenvalue weighted by Crippen LogP contribution is -2.17. The van der Waals surface area contributed by atoms with Crippen LogP contribution in [0.1, 0.15) is 36.8 Å². The second-order valence-electron chi connectivity index (χ2n) is 6.38. The summed E-state index contributed by atoms with van der Waals surface area (Å²) in [7, 11) is 1.81. The number of fused-ring (bicyclic) bond motifs is 3. The van der Waals surface area contributed by atoms with Gasteiger partial charge in [0.15, 0.2) is 0 Å². The average molecular weight is 339 g/mol. The third-order valence-electron chi connectivity index (χ3n) is 4.62. The zero-order valence-corrected chi connectivity index (χ0v) is 14.9. The number of carbonyl (C=O) groups excluding carboxylic acids is 1. The highest BCUT2D eigenvalue weighted by Gasteiger charge is 2.23. The Morgan fingerprint density at radius 2 is 2.12 bits per heavy atom. The van der Waals surface area contributed by atoms with E-state index in [1.807, 2.05) is 12.1 Å². The summed E-state index contributed by atoms with van der Waals surface area (Å²) in [6, 6.07) is 8.31. The van der Waals surface area contributed by atoms with Crippen molar-refractivity contribution < 1.29 is 4.79 Å². The number of benzene rings is 1. The highest BCUT2D eigenvalue weighted by molar-refractivity contribution is 6.02. The number of nitrogens with zero attached hydrogens (tertiary/aromatic N) is 4. The van der Waals surface area contributed by atoms with Crippen LogP contribution in [0.3, 0.4) is 0 Å². The van der Waals surface area contributed by atoms with Crippen molar-refractivity contribution in [1.82, 2.24) is 14.5 Å². The number of imidazole rings is 1. The molecule has 0 bridgehead atoms. The van der Waals surface area contributed by atoms with Crippen LogP contribution < -0.4 is 5.73 Å². The Morgan fingerprint density at radius 1 is 1.32 bits per heavy atom. The molecule has 0 fully saturated rings. The largest absolute Gasteiger partial charge is 0.382 e. The van der Waals surface area contributed by atoms with Crippen LogP contribution in [0.25, 0.3) is 11.3 Å². The van der Waals surface area contributed by atoms with Crippen LogP contribution in [0, 0.1) is 0 Å². The second-order valence-corrected chi connectivity index (χ2v) is 6.38. The smallest absolute Gasteiger partial charge is 0.209 e. The van der Waals surface area contributed by atoms with E-state index in [-0.39, 0.29) is 0 Å². The van der Waals surface area contributed by atoms with Gasteiger partial charge < -0.3 is 15.2 Å². The average Bonchev–Trinajstić information content (AvgIpc) is 2.95. The topological polar surface area (TPSA) is 76.5 Å². The standard InChI is InChI=1S/C19H25N5O/c1-3-16-22-17-18(24(16)11-7-6-10-23(2)13-25)15-9-5-4-8-14(15)12-21-19(17)20/h4-5,8-9,13H,3,6-7,10-12H2,1-2H3,(H2,20,21). The van der Waals surface area contributed by atoms with Crippen LogP contribution >= 0.6 is 0 Å². The molecule has 0 saturated carbocycles. The molecule has 2 N–H and O–H groups in total. The minimum Gasteiger partial charge on any atom is -0.382 e. The van der Waals surface area contributed by atoms with E-state index in [9.17, 15) is 4.79 Å². The van der Waals surface area contributed by atoms with Crippen LogP contribution in [0.15, 0.2) is 29.3 Å². The Kier molecular flexibility index (Phi) is 5.16. The van der Waals surface area contributed by atoms with Crippen molar-refractivity contribution in [3.8, 4) is 11.3 Å². The molecule has 1 amide bonds. The molecule has 0 atom stereocenters. The molecule has 1 aliphatic heterocycles. The van der Waals surface area contributed by atoms with Crippen LogP contribution in [0.5, 0.6) is 0 Å². The van der Waals surface area contributed by atoms with Gasteiger partial charge in [-0.1, -0.05) is 31.2 Å². The number of aryl methyl sites for hydroxylation is 1. The summed E-state index contributed by atoms with van der Waals surface area (Å²) in [5, 5.41) is 0. The first-order valence-corrected chi connectivity index (χ1v) is 8.79. The molecule has 3 rings (SSSR count). The first-order chi connectivity index (χ1) is 12.2. The Morgan fingerprint density at radius 3 is 2.88 bits per heavy atom. The summed E-state index contributed by atoms with van der Waals surface area (Å²) in [6.07, 6.45) is 3.65. The molecule has 25 heavy (non-hydrogen) atoms. The minimum atomic E-state index is 0.514. The molecule has 0 unspecified atom stereocenters. The van der Waals surface area contributed by atoms with Crippen LogP contribution in [-0.4, -0.2) is 40.3 Å². The molecule has 1 aromatic heterocycles. The fourth-order valence-electron chi connectivity index (χ4n) is 3.28. The van der Waals surface area contributed by atoms with Gasteiger partial charge in [-0.15, -0.1) is 0 Å².